The molecule has 0 radical (unpaired) electrons. The van der Waals surface area contributed by atoms with Crippen molar-refractivity contribution in [3.05, 3.63) is 38.3 Å². The molecule has 7 heteroatoms. The van der Waals surface area contributed by atoms with E-state index in [0.29, 0.717) is 23.0 Å². The van der Waals surface area contributed by atoms with Crippen molar-refractivity contribution in [1.82, 2.24) is 4.90 Å². The number of nitrogens with zero attached hydrogens (tertiary/aromatic N) is 2. The maximum atomic E-state index is 11.6. The number of hydrogen-bond donors (Lipinski definition) is 1. The van der Waals surface area contributed by atoms with Crippen molar-refractivity contribution in [2.45, 2.75) is 38.3 Å². The van der Waals surface area contributed by atoms with E-state index in [0.717, 1.165) is 12.8 Å². The van der Waals surface area contributed by atoms with Crippen molar-refractivity contribution in [2.75, 3.05) is 6.54 Å². The number of carboxylic acids is 1. The van der Waals surface area contributed by atoms with Crippen molar-refractivity contribution in [2.24, 2.45) is 0 Å². The molecule has 6 nitrogen and oxygen atoms in total. The fraction of sp³-hybridized carbons (Fsp3) is 0.500. The van der Waals surface area contributed by atoms with Crippen molar-refractivity contribution < 1.29 is 14.8 Å². The second-order valence-electron chi connectivity index (χ2n) is 5.49. The van der Waals surface area contributed by atoms with E-state index in [9.17, 15) is 20.0 Å². The van der Waals surface area contributed by atoms with Gasteiger partial charge in [0.2, 0.25) is 0 Å². The van der Waals surface area contributed by atoms with Crippen molar-refractivity contribution >= 4 is 27.6 Å². The maximum Gasteiger partial charge on any atom is 0.323 e. The number of aliphatic carboxylic acids is 1. The van der Waals surface area contributed by atoms with Crippen LogP contribution in [-0.2, 0) is 11.3 Å². The first-order chi connectivity index (χ1) is 9.84. The van der Waals surface area contributed by atoms with Crippen LogP contribution in [0.15, 0.2) is 22.7 Å². The highest BCUT2D eigenvalue weighted by Crippen LogP contribution is 2.32. The number of benzene rings is 1. The number of carbonyl (C=O) groups is 1. The number of rotatable bonds is 4. The van der Waals surface area contributed by atoms with E-state index in [-0.39, 0.29) is 12.2 Å². The lowest BCUT2D eigenvalue weighted by atomic mass is 9.88. The second kappa shape index (κ2) is 6.11. The standard InChI is InChI=1S/C14H17BrN2O4/c1-14(13(18)19)6-2-3-7-16(14)9-10-4-5-11(15)8-12(10)17(20)21/h4-5,8H,2-3,6-7,9H2,1H3,(H,18,19). The molecule has 114 valence electrons. The van der Waals surface area contributed by atoms with Crippen LogP contribution in [-0.4, -0.2) is 33.0 Å². The molecule has 1 aromatic carbocycles. The Hall–Kier alpha value is -1.47. The predicted molar refractivity (Wildman–Crippen MR) is 81.1 cm³/mol. The SMILES string of the molecule is CC1(C(=O)O)CCCCN1Cc1ccc(Br)cc1[N+](=O)[O-]. The zero-order chi connectivity index (χ0) is 15.6. The van der Waals surface area contributed by atoms with Gasteiger partial charge in [-0.15, -0.1) is 0 Å². The summed E-state index contributed by atoms with van der Waals surface area (Å²) in [5.41, 5.74) is -0.403. The molecular weight excluding hydrogens is 340 g/mol. The Bertz CT molecular complexity index is 578. The van der Waals surface area contributed by atoms with Gasteiger partial charge in [-0.05, 0) is 44.9 Å². The quantitative estimate of drug-likeness (QED) is 0.661. The van der Waals surface area contributed by atoms with Gasteiger partial charge in [-0.25, -0.2) is 0 Å². The van der Waals surface area contributed by atoms with E-state index in [1.165, 1.54) is 6.07 Å². The summed E-state index contributed by atoms with van der Waals surface area (Å²) >= 11 is 3.22. The molecule has 1 saturated heterocycles. The molecule has 0 bridgehead atoms. The van der Waals surface area contributed by atoms with Crippen LogP contribution in [0.2, 0.25) is 0 Å². The summed E-state index contributed by atoms with van der Waals surface area (Å²) in [5, 5.41) is 20.6. The third kappa shape index (κ3) is 3.24. The number of piperidine rings is 1. The van der Waals surface area contributed by atoms with E-state index in [4.69, 9.17) is 0 Å². The van der Waals surface area contributed by atoms with E-state index >= 15 is 0 Å². The van der Waals surface area contributed by atoms with Crippen LogP contribution < -0.4 is 0 Å². The average Bonchev–Trinajstić information content (AvgIpc) is 2.42. The first kappa shape index (κ1) is 15.9. The zero-order valence-corrected chi connectivity index (χ0v) is 13.3. The molecule has 1 aliphatic rings. The van der Waals surface area contributed by atoms with E-state index in [2.05, 4.69) is 15.9 Å². The smallest absolute Gasteiger partial charge is 0.323 e. The molecule has 0 saturated carbocycles. The summed E-state index contributed by atoms with van der Waals surface area (Å²) in [7, 11) is 0. The third-order valence-electron chi connectivity index (χ3n) is 4.11. The summed E-state index contributed by atoms with van der Waals surface area (Å²) in [5.74, 6) is -0.873. The molecule has 1 aliphatic heterocycles. The van der Waals surface area contributed by atoms with Crippen LogP contribution in [0.4, 0.5) is 5.69 Å². The molecule has 0 amide bonds. The first-order valence-corrected chi connectivity index (χ1v) is 7.55. The number of nitro groups is 1. The maximum absolute atomic E-state index is 11.6. The normalized spacial score (nSPS) is 23.0. The molecule has 1 heterocycles. The fourth-order valence-electron chi connectivity index (χ4n) is 2.72. The Morgan fingerprint density at radius 1 is 1.52 bits per heavy atom. The lowest BCUT2D eigenvalue weighted by molar-refractivity contribution is -0.385. The Morgan fingerprint density at radius 2 is 2.24 bits per heavy atom. The summed E-state index contributed by atoms with van der Waals surface area (Å²) < 4.78 is 0.637. The van der Waals surface area contributed by atoms with E-state index < -0.39 is 16.4 Å². The number of nitro benzene ring substituents is 1. The molecule has 21 heavy (non-hydrogen) atoms. The van der Waals surface area contributed by atoms with Crippen LogP contribution in [0.5, 0.6) is 0 Å². The minimum atomic E-state index is -0.959. The summed E-state index contributed by atoms with van der Waals surface area (Å²) in [6.07, 6.45) is 2.33. The van der Waals surface area contributed by atoms with Crippen molar-refractivity contribution in [1.29, 1.82) is 0 Å². The fourth-order valence-corrected chi connectivity index (χ4v) is 3.07. The van der Waals surface area contributed by atoms with Gasteiger partial charge in [0.1, 0.15) is 5.54 Å². The Labute approximate surface area is 131 Å². The number of likely N-dealkylation sites (tertiary alicyclic amines) is 1. The van der Waals surface area contributed by atoms with Gasteiger partial charge in [0.25, 0.3) is 5.69 Å². The van der Waals surface area contributed by atoms with Crippen LogP contribution in [0, 0.1) is 10.1 Å². The molecule has 0 spiro atoms. The number of carboxylic acid groups (broad SMARTS) is 1. The number of hydrogen-bond acceptors (Lipinski definition) is 4. The van der Waals surface area contributed by atoms with Gasteiger partial charge in [-0.3, -0.25) is 19.8 Å². The largest absolute Gasteiger partial charge is 0.480 e. The minimum Gasteiger partial charge on any atom is -0.480 e. The zero-order valence-electron chi connectivity index (χ0n) is 11.7. The van der Waals surface area contributed by atoms with E-state index in [1.54, 1.807) is 19.1 Å². The first-order valence-electron chi connectivity index (χ1n) is 6.76. The molecule has 1 atom stereocenters. The molecule has 0 aromatic heterocycles. The molecule has 1 unspecified atom stereocenters. The molecular formula is C14H17BrN2O4. The van der Waals surface area contributed by atoms with Gasteiger partial charge >= 0.3 is 5.97 Å². The molecule has 0 aliphatic carbocycles. The van der Waals surface area contributed by atoms with Crippen LogP contribution >= 0.6 is 15.9 Å². The third-order valence-corrected chi connectivity index (χ3v) is 4.60. The molecule has 1 fully saturated rings. The van der Waals surface area contributed by atoms with Crippen molar-refractivity contribution in [3.63, 3.8) is 0 Å². The predicted octanol–water partition coefficient (Wildman–Crippen LogP) is 3.19. The highest BCUT2D eigenvalue weighted by Gasteiger charge is 2.41. The average molecular weight is 357 g/mol. The van der Waals surface area contributed by atoms with Gasteiger partial charge < -0.3 is 5.11 Å². The summed E-state index contributed by atoms with van der Waals surface area (Å²) in [6, 6.07) is 4.88. The van der Waals surface area contributed by atoms with Crippen LogP contribution in [0.1, 0.15) is 31.7 Å². The molecule has 1 N–H and O–H groups in total. The van der Waals surface area contributed by atoms with Gasteiger partial charge in [-0.1, -0.05) is 15.9 Å². The lowest BCUT2D eigenvalue weighted by Crippen LogP contribution is -2.54. The van der Waals surface area contributed by atoms with Crippen LogP contribution in [0.25, 0.3) is 0 Å². The van der Waals surface area contributed by atoms with Crippen LogP contribution in [0.3, 0.4) is 0 Å². The van der Waals surface area contributed by atoms with E-state index in [1.807, 2.05) is 4.90 Å². The Morgan fingerprint density at radius 3 is 2.86 bits per heavy atom. The lowest BCUT2D eigenvalue weighted by Gasteiger charge is -2.41. The van der Waals surface area contributed by atoms with Gasteiger partial charge in [0, 0.05) is 22.6 Å². The summed E-state index contributed by atoms with van der Waals surface area (Å²) in [6.45, 7) is 2.60. The highest BCUT2D eigenvalue weighted by atomic mass is 79.9. The minimum absolute atomic E-state index is 0.0164. The van der Waals surface area contributed by atoms with Gasteiger partial charge in [-0.2, -0.15) is 0 Å². The second-order valence-corrected chi connectivity index (χ2v) is 6.40. The van der Waals surface area contributed by atoms with Gasteiger partial charge in [0.05, 0.1) is 4.92 Å². The highest BCUT2D eigenvalue weighted by molar-refractivity contribution is 9.10. The Kier molecular flexibility index (Phi) is 4.63. The Balaban J connectivity index is 2.32. The number of halogens is 1. The molecule has 2 rings (SSSR count). The summed E-state index contributed by atoms with van der Waals surface area (Å²) in [4.78, 5) is 24.1. The topological polar surface area (TPSA) is 83.7 Å². The van der Waals surface area contributed by atoms with Crippen molar-refractivity contribution in [3.8, 4) is 0 Å². The van der Waals surface area contributed by atoms with Gasteiger partial charge in [0.15, 0.2) is 0 Å². The monoisotopic (exact) mass is 356 g/mol. The molecule has 1 aromatic rings.